The van der Waals surface area contributed by atoms with E-state index >= 15 is 0 Å². The molecule has 1 aromatic heterocycles. The first-order valence-electron chi connectivity index (χ1n) is 8.77. The molecule has 1 amide bonds. The molecule has 1 aliphatic rings. The van der Waals surface area contributed by atoms with Crippen molar-refractivity contribution in [2.45, 2.75) is 26.4 Å². The summed E-state index contributed by atoms with van der Waals surface area (Å²) in [6, 6.07) is 11.2. The average Bonchev–Trinajstić information content (AvgIpc) is 3.01. The van der Waals surface area contributed by atoms with Gasteiger partial charge in [-0.2, -0.15) is 0 Å². The number of imidazole rings is 1. The molecular weight excluding hydrogens is 346 g/mol. The Hall–Kier alpha value is -3.22. The van der Waals surface area contributed by atoms with Crippen molar-refractivity contribution in [1.29, 1.82) is 0 Å². The molecule has 7 heteroatoms. The number of anilines is 1. The predicted octanol–water partition coefficient (Wildman–Crippen LogP) is 4.35. The molecule has 2 aromatic carbocycles. The lowest BCUT2D eigenvalue weighted by atomic mass is 10.2. The van der Waals surface area contributed by atoms with Crippen LogP contribution in [0.3, 0.4) is 0 Å². The Kier molecular flexibility index (Phi) is 4.14. The van der Waals surface area contributed by atoms with Crippen molar-refractivity contribution in [3.8, 4) is 22.9 Å². The number of aromatic nitrogens is 2. The molecule has 0 saturated carbocycles. The molecule has 2 heterocycles. The van der Waals surface area contributed by atoms with Crippen molar-refractivity contribution < 1.29 is 19.0 Å². The SMILES string of the molecule is CC(C)(C)OC(=O)Nc1cccc(-c2nc3cc4c(cc3[nH]2)OCCO4)c1. The number of carbonyl (C=O) groups excluding carboxylic acids is 1. The van der Waals surface area contributed by atoms with Gasteiger partial charge in [0.25, 0.3) is 0 Å². The normalized spacial score (nSPS) is 13.4. The van der Waals surface area contributed by atoms with Crippen molar-refractivity contribution in [3.05, 3.63) is 36.4 Å². The standard InChI is InChI=1S/C20H21N3O4/c1-20(2,3)27-19(24)21-13-6-4-5-12(9-13)18-22-14-10-16-17(11-15(14)23-18)26-8-7-25-16/h4-6,9-11H,7-8H2,1-3H3,(H,21,24)(H,22,23). The molecule has 0 spiro atoms. The smallest absolute Gasteiger partial charge is 0.412 e. The van der Waals surface area contributed by atoms with Crippen LogP contribution in [0.4, 0.5) is 10.5 Å². The summed E-state index contributed by atoms with van der Waals surface area (Å²) in [6.45, 7) is 6.55. The zero-order chi connectivity index (χ0) is 19.0. The van der Waals surface area contributed by atoms with E-state index in [1.165, 1.54) is 0 Å². The minimum Gasteiger partial charge on any atom is -0.486 e. The molecule has 0 unspecified atom stereocenters. The van der Waals surface area contributed by atoms with Crippen LogP contribution >= 0.6 is 0 Å². The zero-order valence-electron chi connectivity index (χ0n) is 15.5. The fraction of sp³-hybridized carbons (Fsp3) is 0.300. The zero-order valence-corrected chi connectivity index (χ0v) is 15.5. The second-order valence-electron chi connectivity index (χ2n) is 7.31. The van der Waals surface area contributed by atoms with Gasteiger partial charge in [0.1, 0.15) is 24.6 Å². The van der Waals surface area contributed by atoms with Gasteiger partial charge in [-0.05, 0) is 32.9 Å². The van der Waals surface area contributed by atoms with E-state index in [0.717, 1.165) is 16.6 Å². The molecule has 1 aliphatic heterocycles. The topological polar surface area (TPSA) is 85.5 Å². The van der Waals surface area contributed by atoms with E-state index in [1.54, 1.807) is 6.07 Å². The molecule has 0 atom stereocenters. The third-order valence-electron chi connectivity index (χ3n) is 3.93. The van der Waals surface area contributed by atoms with Crippen molar-refractivity contribution in [2.75, 3.05) is 18.5 Å². The number of benzene rings is 2. The molecule has 7 nitrogen and oxygen atoms in total. The summed E-state index contributed by atoms with van der Waals surface area (Å²) in [5, 5.41) is 2.74. The number of ether oxygens (including phenoxy) is 3. The van der Waals surface area contributed by atoms with Gasteiger partial charge in [-0.25, -0.2) is 9.78 Å². The highest BCUT2D eigenvalue weighted by Gasteiger charge is 2.17. The summed E-state index contributed by atoms with van der Waals surface area (Å²) >= 11 is 0. The Balaban J connectivity index is 1.61. The van der Waals surface area contributed by atoms with Crippen molar-refractivity contribution >= 4 is 22.8 Å². The molecule has 0 aliphatic carbocycles. The van der Waals surface area contributed by atoms with Crippen molar-refractivity contribution in [2.24, 2.45) is 0 Å². The van der Waals surface area contributed by atoms with Crippen LogP contribution < -0.4 is 14.8 Å². The first-order chi connectivity index (χ1) is 12.9. The van der Waals surface area contributed by atoms with Crippen molar-refractivity contribution in [1.82, 2.24) is 9.97 Å². The highest BCUT2D eigenvalue weighted by Crippen LogP contribution is 2.35. The van der Waals surface area contributed by atoms with E-state index in [-0.39, 0.29) is 0 Å². The number of hydrogen-bond acceptors (Lipinski definition) is 5. The van der Waals surface area contributed by atoms with Gasteiger partial charge in [-0.15, -0.1) is 0 Å². The second kappa shape index (κ2) is 6.50. The number of fused-ring (bicyclic) bond motifs is 2. The van der Waals surface area contributed by atoms with E-state index in [4.69, 9.17) is 14.2 Å². The van der Waals surface area contributed by atoms with Gasteiger partial charge in [-0.3, -0.25) is 5.32 Å². The maximum absolute atomic E-state index is 12.0. The van der Waals surface area contributed by atoms with Crippen LogP contribution in [-0.4, -0.2) is 34.9 Å². The minimum absolute atomic E-state index is 0.494. The van der Waals surface area contributed by atoms with Gasteiger partial charge in [0.05, 0.1) is 11.0 Å². The Morgan fingerprint density at radius 3 is 2.63 bits per heavy atom. The third kappa shape index (κ3) is 3.81. The Morgan fingerprint density at radius 2 is 1.89 bits per heavy atom. The van der Waals surface area contributed by atoms with Gasteiger partial charge in [0.15, 0.2) is 11.5 Å². The summed E-state index contributed by atoms with van der Waals surface area (Å²) in [6.07, 6.45) is -0.494. The second-order valence-corrected chi connectivity index (χ2v) is 7.31. The van der Waals surface area contributed by atoms with Gasteiger partial charge in [-0.1, -0.05) is 12.1 Å². The minimum atomic E-state index is -0.552. The first kappa shape index (κ1) is 17.2. The Bertz CT molecular complexity index is 961. The van der Waals surface area contributed by atoms with E-state index < -0.39 is 11.7 Å². The summed E-state index contributed by atoms with van der Waals surface area (Å²) < 4.78 is 16.5. The van der Waals surface area contributed by atoms with Gasteiger partial charge in [0, 0.05) is 23.4 Å². The molecular formula is C20H21N3O4. The fourth-order valence-electron chi connectivity index (χ4n) is 2.85. The molecule has 140 valence electrons. The highest BCUT2D eigenvalue weighted by atomic mass is 16.6. The highest BCUT2D eigenvalue weighted by molar-refractivity contribution is 5.87. The summed E-state index contributed by atoms with van der Waals surface area (Å²) in [5.74, 6) is 2.11. The van der Waals surface area contributed by atoms with E-state index in [2.05, 4.69) is 15.3 Å². The van der Waals surface area contributed by atoms with Crippen LogP contribution in [0.1, 0.15) is 20.8 Å². The van der Waals surface area contributed by atoms with E-state index in [0.29, 0.717) is 36.2 Å². The maximum Gasteiger partial charge on any atom is 0.412 e. The molecule has 0 fully saturated rings. The van der Waals surface area contributed by atoms with Gasteiger partial charge in [0.2, 0.25) is 0 Å². The number of nitrogens with one attached hydrogen (secondary N) is 2. The molecule has 3 aromatic rings. The van der Waals surface area contributed by atoms with Crippen LogP contribution in [-0.2, 0) is 4.74 Å². The van der Waals surface area contributed by atoms with Crippen molar-refractivity contribution in [3.63, 3.8) is 0 Å². The summed E-state index contributed by atoms with van der Waals surface area (Å²) in [7, 11) is 0. The largest absolute Gasteiger partial charge is 0.486 e. The number of carbonyl (C=O) groups is 1. The van der Waals surface area contributed by atoms with Crippen LogP contribution in [0, 0.1) is 0 Å². The summed E-state index contributed by atoms with van der Waals surface area (Å²) in [5.41, 5.74) is 2.58. The summed E-state index contributed by atoms with van der Waals surface area (Å²) in [4.78, 5) is 19.9. The van der Waals surface area contributed by atoms with E-state index in [9.17, 15) is 4.79 Å². The third-order valence-corrected chi connectivity index (χ3v) is 3.93. The predicted molar refractivity (Wildman–Crippen MR) is 102 cm³/mol. The Labute approximate surface area is 156 Å². The number of aromatic amines is 1. The first-order valence-corrected chi connectivity index (χ1v) is 8.77. The molecule has 27 heavy (non-hydrogen) atoms. The van der Waals surface area contributed by atoms with Gasteiger partial charge >= 0.3 is 6.09 Å². The lowest BCUT2D eigenvalue weighted by Gasteiger charge is -2.19. The molecule has 4 rings (SSSR count). The maximum atomic E-state index is 12.0. The number of amides is 1. The average molecular weight is 367 g/mol. The molecule has 0 bridgehead atoms. The number of rotatable bonds is 2. The number of H-pyrrole nitrogens is 1. The Morgan fingerprint density at radius 1 is 1.15 bits per heavy atom. The number of nitrogens with zero attached hydrogens (tertiary/aromatic N) is 1. The molecule has 0 radical (unpaired) electrons. The molecule has 2 N–H and O–H groups in total. The van der Waals surface area contributed by atoms with Crippen LogP contribution in [0.5, 0.6) is 11.5 Å². The monoisotopic (exact) mass is 367 g/mol. The van der Waals surface area contributed by atoms with E-state index in [1.807, 2.05) is 51.1 Å². The van der Waals surface area contributed by atoms with Gasteiger partial charge < -0.3 is 19.2 Å². The lowest BCUT2D eigenvalue weighted by Crippen LogP contribution is -2.27. The quantitative estimate of drug-likeness (QED) is 0.703. The van der Waals surface area contributed by atoms with Crippen LogP contribution in [0.25, 0.3) is 22.4 Å². The lowest BCUT2D eigenvalue weighted by molar-refractivity contribution is 0.0636. The van der Waals surface area contributed by atoms with Crippen LogP contribution in [0.15, 0.2) is 36.4 Å². The number of hydrogen-bond donors (Lipinski definition) is 2. The fourth-order valence-corrected chi connectivity index (χ4v) is 2.85. The van der Waals surface area contributed by atoms with Crippen LogP contribution in [0.2, 0.25) is 0 Å². The molecule has 0 saturated heterocycles.